The van der Waals surface area contributed by atoms with Gasteiger partial charge in [0, 0.05) is 32.7 Å². The molecule has 1 saturated carbocycles. The van der Waals surface area contributed by atoms with Crippen LogP contribution in [0, 0.1) is 5.41 Å². The van der Waals surface area contributed by atoms with Gasteiger partial charge in [-0.15, -0.1) is 24.0 Å². The van der Waals surface area contributed by atoms with Crippen LogP contribution in [-0.2, 0) is 9.53 Å². The molecule has 0 heterocycles. The quantitative estimate of drug-likeness (QED) is 0.357. The van der Waals surface area contributed by atoms with Crippen molar-refractivity contribution >= 4 is 35.8 Å². The van der Waals surface area contributed by atoms with Gasteiger partial charge >= 0.3 is 0 Å². The van der Waals surface area contributed by atoms with Gasteiger partial charge in [0.05, 0.1) is 11.6 Å². The van der Waals surface area contributed by atoms with Gasteiger partial charge < -0.3 is 20.3 Å². The van der Waals surface area contributed by atoms with Crippen LogP contribution in [0.5, 0.6) is 0 Å². The number of nitrogens with one attached hydrogen (secondary N) is 2. The fraction of sp³-hybridized carbons (Fsp3) is 0.619. The normalized spacial score (nSPS) is 24.4. The molecule has 0 bridgehead atoms. The number of guanidine groups is 1. The Kier molecular flexibility index (Phi) is 8.74. The lowest BCUT2D eigenvalue weighted by atomic mass is 9.56. The van der Waals surface area contributed by atoms with Crippen LogP contribution in [0.25, 0.3) is 0 Å². The van der Waals surface area contributed by atoms with Crippen LogP contribution in [0.2, 0.25) is 0 Å². The number of nitrogens with zero attached hydrogens (tertiary/aromatic N) is 2. The van der Waals surface area contributed by atoms with Crippen molar-refractivity contribution in [2.75, 3.05) is 27.7 Å². The summed E-state index contributed by atoms with van der Waals surface area (Å²) in [6.07, 6.45) is 0.887. The lowest BCUT2D eigenvalue weighted by Crippen LogP contribution is -2.69. The second kappa shape index (κ2) is 9.91. The topological polar surface area (TPSA) is 66.0 Å². The molecular formula is C21H35IN4O2. The van der Waals surface area contributed by atoms with E-state index < -0.39 is 0 Å². The van der Waals surface area contributed by atoms with E-state index in [1.807, 2.05) is 18.2 Å². The molecule has 0 aromatic heterocycles. The van der Waals surface area contributed by atoms with Crippen LogP contribution < -0.4 is 10.6 Å². The zero-order chi connectivity index (χ0) is 20.2. The van der Waals surface area contributed by atoms with E-state index in [0.717, 1.165) is 6.42 Å². The van der Waals surface area contributed by atoms with Crippen molar-refractivity contribution < 1.29 is 9.53 Å². The Labute approximate surface area is 186 Å². The molecular weight excluding hydrogens is 467 g/mol. The summed E-state index contributed by atoms with van der Waals surface area (Å²) in [6, 6.07) is 10.5. The predicted octanol–water partition coefficient (Wildman–Crippen LogP) is 3.19. The molecule has 1 aliphatic rings. The van der Waals surface area contributed by atoms with Crippen molar-refractivity contribution in [2.45, 2.75) is 51.8 Å². The minimum absolute atomic E-state index is 0. The van der Waals surface area contributed by atoms with E-state index in [-0.39, 0.29) is 59.5 Å². The van der Waals surface area contributed by atoms with E-state index >= 15 is 0 Å². The summed E-state index contributed by atoms with van der Waals surface area (Å²) in [4.78, 5) is 18.1. The van der Waals surface area contributed by atoms with Crippen LogP contribution in [-0.4, -0.2) is 56.2 Å². The molecule has 1 aromatic rings. The Morgan fingerprint density at radius 1 is 1.29 bits per heavy atom. The van der Waals surface area contributed by atoms with Crippen molar-refractivity contribution in [3.8, 4) is 0 Å². The average Bonchev–Trinajstić information content (AvgIpc) is 2.65. The van der Waals surface area contributed by atoms with Crippen molar-refractivity contribution in [3.63, 3.8) is 0 Å². The number of benzene rings is 1. The number of halogens is 1. The van der Waals surface area contributed by atoms with Gasteiger partial charge in [-0.25, -0.2) is 4.99 Å². The largest absolute Gasteiger partial charge is 0.378 e. The zero-order valence-electron chi connectivity index (χ0n) is 18.1. The summed E-state index contributed by atoms with van der Waals surface area (Å²) in [5, 5.41) is 6.95. The Balaban J connectivity index is 0.00000392. The number of rotatable bonds is 6. The summed E-state index contributed by atoms with van der Waals surface area (Å²) in [7, 11) is 5.24. The highest BCUT2D eigenvalue weighted by Crippen LogP contribution is 2.51. The molecule has 1 aliphatic carbocycles. The smallest absolute Gasteiger partial charge is 0.243 e. The number of hydrogen-bond donors (Lipinski definition) is 2. The highest BCUT2D eigenvalue weighted by molar-refractivity contribution is 14.0. The minimum Gasteiger partial charge on any atom is -0.378 e. The molecule has 158 valence electrons. The standard InChI is InChI=1S/C21H34N4O2.HI/c1-15(16-11-9-8-10-12-16)23-19(22-14-18(26)25(5)6)24-17-13-21(4,27-7)20(17,2)3;/h8-12,15,17H,13-14H2,1-7H3,(H2,22,23,24);1H. The molecule has 1 aromatic carbocycles. The van der Waals surface area contributed by atoms with Crippen LogP contribution >= 0.6 is 24.0 Å². The summed E-state index contributed by atoms with van der Waals surface area (Å²) in [5.41, 5.74) is 0.951. The summed E-state index contributed by atoms with van der Waals surface area (Å²) in [5.74, 6) is 0.621. The number of carbonyl (C=O) groups is 1. The lowest BCUT2D eigenvalue weighted by molar-refractivity contribution is -0.176. The summed E-state index contributed by atoms with van der Waals surface area (Å²) >= 11 is 0. The summed E-state index contributed by atoms with van der Waals surface area (Å²) < 4.78 is 5.72. The number of likely N-dealkylation sites (N-methyl/N-ethyl adjacent to an activating group) is 1. The third-order valence-electron chi connectivity index (χ3n) is 6.11. The molecule has 1 fully saturated rings. The van der Waals surface area contributed by atoms with Gasteiger partial charge in [-0.2, -0.15) is 0 Å². The van der Waals surface area contributed by atoms with Gasteiger partial charge in [-0.1, -0.05) is 44.2 Å². The highest BCUT2D eigenvalue weighted by atomic mass is 127. The molecule has 3 atom stereocenters. The molecule has 1 amide bonds. The number of ether oxygens (including phenoxy) is 1. The lowest BCUT2D eigenvalue weighted by Gasteiger charge is -2.59. The van der Waals surface area contributed by atoms with Gasteiger partial charge in [0.25, 0.3) is 0 Å². The third kappa shape index (κ3) is 5.37. The first-order valence-electron chi connectivity index (χ1n) is 9.48. The van der Waals surface area contributed by atoms with Gasteiger partial charge in [-0.05, 0) is 25.8 Å². The third-order valence-corrected chi connectivity index (χ3v) is 6.11. The molecule has 0 spiro atoms. The molecule has 2 N–H and O–H groups in total. The fourth-order valence-corrected chi connectivity index (χ4v) is 3.34. The molecule has 3 unspecified atom stereocenters. The van der Waals surface area contributed by atoms with Crippen molar-refractivity contribution in [1.82, 2.24) is 15.5 Å². The zero-order valence-corrected chi connectivity index (χ0v) is 20.4. The van der Waals surface area contributed by atoms with Crippen LogP contribution in [0.3, 0.4) is 0 Å². The first-order valence-corrected chi connectivity index (χ1v) is 9.48. The first-order chi connectivity index (χ1) is 12.6. The van der Waals surface area contributed by atoms with E-state index in [0.29, 0.717) is 5.96 Å². The maximum absolute atomic E-state index is 12.0. The Bertz CT molecular complexity index is 678. The van der Waals surface area contributed by atoms with E-state index in [1.165, 1.54) is 5.56 Å². The predicted molar refractivity (Wildman–Crippen MR) is 125 cm³/mol. The fourth-order valence-electron chi connectivity index (χ4n) is 3.34. The number of aliphatic imine (C=N–C) groups is 1. The summed E-state index contributed by atoms with van der Waals surface area (Å²) in [6.45, 7) is 8.73. The van der Waals surface area contributed by atoms with Crippen LogP contribution in [0.1, 0.15) is 45.7 Å². The number of methoxy groups -OCH3 is 1. The van der Waals surface area contributed by atoms with Crippen molar-refractivity contribution in [1.29, 1.82) is 0 Å². The van der Waals surface area contributed by atoms with Crippen LogP contribution in [0.15, 0.2) is 35.3 Å². The monoisotopic (exact) mass is 502 g/mol. The maximum Gasteiger partial charge on any atom is 0.243 e. The van der Waals surface area contributed by atoms with Crippen molar-refractivity contribution in [2.24, 2.45) is 10.4 Å². The van der Waals surface area contributed by atoms with Crippen LogP contribution in [0.4, 0.5) is 0 Å². The number of carbonyl (C=O) groups excluding carboxylic acids is 1. The first kappa shape index (κ1) is 24.7. The molecule has 6 nitrogen and oxygen atoms in total. The number of amides is 1. The van der Waals surface area contributed by atoms with E-state index in [9.17, 15) is 4.79 Å². The van der Waals surface area contributed by atoms with Crippen molar-refractivity contribution in [3.05, 3.63) is 35.9 Å². The SMILES string of the molecule is COC1(C)CC(NC(=NCC(=O)N(C)C)NC(C)c2ccccc2)C1(C)C.I. The Hall–Kier alpha value is -1.35. The Morgan fingerprint density at radius 3 is 2.39 bits per heavy atom. The molecule has 0 radical (unpaired) electrons. The van der Waals surface area contributed by atoms with E-state index in [1.54, 1.807) is 26.1 Å². The molecule has 0 saturated heterocycles. The molecule has 2 rings (SSSR count). The van der Waals surface area contributed by atoms with Gasteiger partial charge in [0.2, 0.25) is 5.91 Å². The number of hydrogen-bond acceptors (Lipinski definition) is 3. The molecule has 7 heteroatoms. The molecule has 28 heavy (non-hydrogen) atoms. The minimum atomic E-state index is -0.166. The van der Waals surface area contributed by atoms with Gasteiger partial charge in [-0.3, -0.25) is 4.79 Å². The Morgan fingerprint density at radius 2 is 1.89 bits per heavy atom. The van der Waals surface area contributed by atoms with Gasteiger partial charge in [0.15, 0.2) is 5.96 Å². The van der Waals surface area contributed by atoms with Gasteiger partial charge in [0.1, 0.15) is 6.54 Å². The second-order valence-electron chi connectivity index (χ2n) is 8.29. The van der Waals surface area contributed by atoms with E-state index in [4.69, 9.17) is 4.74 Å². The maximum atomic E-state index is 12.0. The average molecular weight is 502 g/mol. The van der Waals surface area contributed by atoms with E-state index in [2.05, 4.69) is 55.5 Å². The highest BCUT2D eigenvalue weighted by Gasteiger charge is 2.58. The second-order valence-corrected chi connectivity index (χ2v) is 8.29. The molecule has 0 aliphatic heterocycles.